The third-order valence-corrected chi connectivity index (χ3v) is 4.06. The molecule has 106 valence electrons. The lowest BCUT2D eigenvalue weighted by Gasteiger charge is -2.36. The van der Waals surface area contributed by atoms with Crippen molar-refractivity contribution in [3.8, 4) is 5.75 Å². The Morgan fingerprint density at radius 2 is 2.21 bits per heavy atom. The van der Waals surface area contributed by atoms with Gasteiger partial charge in [-0.25, -0.2) is 0 Å². The van der Waals surface area contributed by atoms with E-state index in [0.29, 0.717) is 6.04 Å². The third kappa shape index (κ3) is 3.71. The standard InChI is InChI=1S/C16H26N2O/c1-13-6-7-16(19-2)14(11-13)12-18-10-4-3-5-15(18)8-9-17/h6-7,11,15H,3-5,8-10,12,17H2,1-2H3. The average molecular weight is 262 g/mol. The summed E-state index contributed by atoms with van der Waals surface area (Å²) in [7, 11) is 1.75. The number of hydrogen-bond acceptors (Lipinski definition) is 3. The summed E-state index contributed by atoms with van der Waals surface area (Å²) in [5, 5.41) is 0. The molecule has 0 aromatic heterocycles. The van der Waals surface area contributed by atoms with Gasteiger partial charge >= 0.3 is 0 Å². The van der Waals surface area contributed by atoms with E-state index < -0.39 is 0 Å². The van der Waals surface area contributed by atoms with Crippen molar-refractivity contribution in [3.05, 3.63) is 29.3 Å². The van der Waals surface area contributed by atoms with E-state index in [2.05, 4.69) is 30.0 Å². The van der Waals surface area contributed by atoms with E-state index in [4.69, 9.17) is 10.5 Å². The smallest absolute Gasteiger partial charge is 0.123 e. The van der Waals surface area contributed by atoms with E-state index in [-0.39, 0.29) is 0 Å². The fraction of sp³-hybridized carbons (Fsp3) is 0.625. The number of benzene rings is 1. The highest BCUT2D eigenvalue weighted by Crippen LogP contribution is 2.26. The zero-order chi connectivity index (χ0) is 13.7. The van der Waals surface area contributed by atoms with E-state index in [1.807, 2.05) is 0 Å². The van der Waals surface area contributed by atoms with Crippen molar-refractivity contribution in [3.63, 3.8) is 0 Å². The zero-order valence-corrected chi connectivity index (χ0v) is 12.2. The van der Waals surface area contributed by atoms with Gasteiger partial charge in [0.15, 0.2) is 0 Å². The number of nitrogens with zero attached hydrogens (tertiary/aromatic N) is 1. The quantitative estimate of drug-likeness (QED) is 0.886. The van der Waals surface area contributed by atoms with Crippen molar-refractivity contribution >= 4 is 0 Å². The summed E-state index contributed by atoms with van der Waals surface area (Å²) in [5.41, 5.74) is 8.34. The Morgan fingerprint density at radius 3 is 2.95 bits per heavy atom. The van der Waals surface area contributed by atoms with E-state index in [1.54, 1.807) is 7.11 Å². The van der Waals surface area contributed by atoms with Gasteiger partial charge in [-0.15, -0.1) is 0 Å². The first-order chi connectivity index (χ1) is 9.24. The van der Waals surface area contributed by atoms with Gasteiger partial charge in [0.1, 0.15) is 5.75 Å². The topological polar surface area (TPSA) is 38.5 Å². The minimum atomic E-state index is 0.643. The van der Waals surface area contributed by atoms with Crippen molar-refractivity contribution < 1.29 is 4.74 Å². The highest BCUT2D eigenvalue weighted by molar-refractivity contribution is 5.36. The summed E-state index contributed by atoms with van der Waals surface area (Å²) in [5.74, 6) is 1.00. The maximum Gasteiger partial charge on any atom is 0.123 e. The Bertz CT molecular complexity index is 404. The second-order valence-corrected chi connectivity index (χ2v) is 5.51. The lowest BCUT2D eigenvalue weighted by molar-refractivity contribution is 0.133. The van der Waals surface area contributed by atoms with Crippen LogP contribution >= 0.6 is 0 Å². The molecule has 1 aromatic carbocycles. The summed E-state index contributed by atoms with van der Waals surface area (Å²) in [4.78, 5) is 2.58. The van der Waals surface area contributed by atoms with Crippen LogP contribution in [0.25, 0.3) is 0 Å². The Morgan fingerprint density at radius 1 is 1.37 bits per heavy atom. The zero-order valence-electron chi connectivity index (χ0n) is 12.2. The first-order valence-corrected chi connectivity index (χ1v) is 7.32. The van der Waals surface area contributed by atoms with E-state index in [9.17, 15) is 0 Å². The van der Waals surface area contributed by atoms with Crippen LogP contribution in [0.15, 0.2) is 18.2 Å². The molecule has 0 radical (unpaired) electrons. The van der Waals surface area contributed by atoms with Crippen molar-refractivity contribution in [2.75, 3.05) is 20.2 Å². The summed E-state index contributed by atoms with van der Waals surface area (Å²) in [6.45, 7) is 5.08. The Hall–Kier alpha value is -1.06. The van der Waals surface area contributed by atoms with E-state index in [1.165, 1.54) is 36.9 Å². The number of hydrogen-bond donors (Lipinski definition) is 1. The number of ether oxygens (including phenoxy) is 1. The molecule has 1 heterocycles. The molecular formula is C16H26N2O. The van der Waals surface area contributed by atoms with Crippen LogP contribution in [0, 0.1) is 6.92 Å². The lowest BCUT2D eigenvalue weighted by atomic mass is 9.98. The van der Waals surface area contributed by atoms with Crippen LogP contribution < -0.4 is 10.5 Å². The monoisotopic (exact) mass is 262 g/mol. The largest absolute Gasteiger partial charge is 0.496 e. The van der Waals surface area contributed by atoms with Gasteiger partial charge in [-0.3, -0.25) is 4.90 Å². The van der Waals surface area contributed by atoms with E-state index >= 15 is 0 Å². The minimum absolute atomic E-state index is 0.643. The van der Waals surface area contributed by atoms with Gasteiger partial charge in [0.25, 0.3) is 0 Å². The molecule has 19 heavy (non-hydrogen) atoms. The Balaban J connectivity index is 2.11. The first-order valence-electron chi connectivity index (χ1n) is 7.32. The van der Waals surface area contributed by atoms with Gasteiger partial charge in [0.2, 0.25) is 0 Å². The predicted octanol–water partition coefficient (Wildman–Crippen LogP) is 2.71. The summed E-state index contributed by atoms with van der Waals surface area (Å²) >= 11 is 0. The highest BCUT2D eigenvalue weighted by Gasteiger charge is 2.22. The predicted molar refractivity (Wildman–Crippen MR) is 79.5 cm³/mol. The molecule has 0 spiro atoms. The second-order valence-electron chi connectivity index (χ2n) is 5.51. The molecule has 1 aromatic rings. The van der Waals surface area contributed by atoms with Crippen LogP contribution in [0.1, 0.15) is 36.8 Å². The fourth-order valence-electron chi connectivity index (χ4n) is 3.04. The van der Waals surface area contributed by atoms with Gasteiger partial charge in [-0.2, -0.15) is 0 Å². The molecule has 3 heteroatoms. The van der Waals surface area contributed by atoms with Gasteiger partial charge in [0.05, 0.1) is 7.11 Å². The van der Waals surface area contributed by atoms with Crippen LogP contribution in [-0.2, 0) is 6.54 Å². The van der Waals surface area contributed by atoms with Crippen molar-refractivity contribution in [2.45, 2.75) is 45.2 Å². The second kappa shape index (κ2) is 6.92. The number of piperidine rings is 1. The van der Waals surface area contributed by atoms with Crippen LogP contribution in [0.4, 0.5) is 0 Å². The molecule has 1 aliphatic rings. The fourth-order valence-corrected chi connectivity index (χ4v) is 3.04. The van der Waals surface area contributed by atoms with Crippen LogP contribution in [0.3, 0.4) is 0 Å². The van der Waals surface area contributed by atoms with Gasteiger partial charge in [-0.1, -0.05) is 24.1 Å². The molecule has 0 aliphatic carbocycles. The van der Waals surface area contributed by atoms with Gasteiger partial charge < -0.3 is 10.5 Å². The molecule has 1 saturated heterocycles. The SMILES string of the molecule is COc1ccc(C)cc1CN1CCCCC1CCN. The third-order valence-electron chi connectivity index (χ3n) is 4.06. The van der Waals surface area contributed by atoms with Gasteiger partial charge in [0, 0.05) is 18.2 Å². The number of nitrogens with two attached hydrogens (primary N) is 1. The first kappa shape index (κ1) is 14.4. The number of likely N-dealkylation sites (tertiary alicyclic amines) is 1. The van der Waals surface area contributed by atoms with Crippen molar-refractivity contribution in [1.82, 2.24) is 4.90 Å². The maximum absolute atomic E-state index is 5.74. The molecular weight excluding hydrogens is 236 g/mol. The van der Waals surface area contributed by atoms with Crippen LogP contribution in [0.2, 0.25) is 0 Å². The molecule has 0 saturated carbocycles. The summed E-state index contributed by atoms with van der Waals surface area (Å²) in [6.07, 6.45) is 5.03. The van der Waals surface area contributed by atoms with Crippen molar-refractivity contribution in [1.29, 1.82) is 0 Å². The molecule has 0 amide bonds. The Kier molecular flexibility index (Phi) is 5.23. The number of methoxy groups -OCH3 is 1. The molecule has 1 fully saturated rings. The number of aryl methyl sites for hydroxylation is 1. The minimum Gasteiger partial charge on any atom is -0.496 e. The lowest BCUT2D eigenvalue weighted by Crippen LogP contribution is -2.40. The highest BCUT2D eigenvalue weighted by atomic mass is 16.5. The number of rotatable bonds is 5. The van der Waals surface area contributed by atoms with Crippen molar-refractivity contribution in [2.24, 2.45) is 5.73 Å². The maximum atomic E-state index is 5.74. The Labute approximate surface area is 116 Å². The molecule has 2 N–H and O–H groups in total. The average Bonchev–Trinajstić information content (AvgIpc) is 2.42. The molecule has 1 atom stereocenters. The summed E-state index contributed by atoms with van der Waals surface area (Å²) in [6, 6.07) is 7.07. The normalized spacial score (nSPS) is 20.5. The van der Waals surface area contributed by atoms with Crippen LogP contribution in [0.5, 0.6) is 5.75 Å². The van der Waals surface area contributed by atoms with Gasteiger partial charge in [-0.05, 0) is 45.3 Å². The molecule has 3 nitrogen and oxygen atoms in total. The summed E-state index contributed by atoms with van der Waals surface area (Å²) < 4.78 is 5.49. The molecule has 2 rings (SSSR count). The van der Waals surface area contributed by atoms with Crippen LogP contribution in [-0.4, -0.2) is 31.1 Å². The molecule has 0 bridgehead atoms. The molecule has 1 aliphatic heterocycles. The van der Waals surface area contributed by atoms with E-state index in [0.717, 1.165) is 25.3 Å². The molecule has 1 unspecified atom stereocenters.